The van der Waals surface area contributed by atoms with Gasteiger partial charge in [-0.1, -0.05) is 31.5 Å². The first-order chi connectivity index (χ1) is 15.0. The molecule has 0 amide bonds. The number of hydrogen-bond acceptors (Lipinski definition) is 7. The molecule has 1 aliphatic rings. The van der Waals surface area contributed by atoms with Gasteiger partial charge in [0.05, 0.1) is 4.90 Å². The van der Waals surface area contributed by atoms with Gasteiger partial charge >= 0.3 is 0 Å². The molecule has 1 aromatic carbocycles. The summed E-state index contributed by atoms with van der Waals surface area (Å²) in [7, 11) is -3.77. The van der Waals surface area contributed by atoms with Crippen LogP contribution in [0.25, 0.3) is 0 Å². The molecule has 0 bridgehead atoms. The summed E-state index contributed by atoms with van der Waals surface area (Å²) >= 11 is 0. The highest BCUT2D eigenvalue weighted by Crippen LogP contribution is 2.29. The lowest BCUT2D eigenvalue weighted by Crippen LogP contribution is -2.65. The summed E-state index contributed by atoms with van der Waals surface area (Å²) in [5.74, 6) is -0.316. The highest BCUT2D eigenvalue weighted by molar-refractivity contribution is 7.89. The van der Waals surface area contributed by atoms with Crippen molar-refractivity contribution in [1.29, 1.82) is 0 Å². The standard InChI is InChI=1S/C21H27N7O2S/c1-2-10-21(28-14-7-13-24-28,25-31(29,30)19-8-4-3-5-9-19)27-17-15-26(16-18-27)20-22-11-6-12-23-20/h3-9,11-14,25H,2,10,15-18H2,1H3. The lowest BCUT2D eigenvalue weighted by molar-refractivity contribution is -0.0188. The fourth-order valence-electron chi connectivity index (χ4n) is 4.02. The highest BCUT2D eigenvalue weighted by Gasteiger charge is 2.43. The Labute approximate surface area is 182 Å². The van der Waals surface area contributed by atoms with Gasteiger partial charge in [-0.2, -0.15) is 9.82 Å². The molecule has 31 heavy (non-hydrogen) atoms. The van der Waals surface area contributed by atoms with Crippen molar-refractivity contribution < 1.29 is 8.42 Å². The molecule has 9 nitrogen and oxygen atoms in total. The molecule has 0 spiro atoms. The van der Waals surface area contributed by atoms with E-state index in [1.165, 1.54) is 0 Å². The molecule has 10 heteroatoms. The second kappa shape index (κ2) is 9.13. The van der Waals surface area contributed by atoms with Gasteiger partial charge in [0.1, 0.15) is 0 Å². The Morgan fingerprint density at radius 2 is 1.68 bits per heavy atom. The van der Waals surface area contributed by atoms with E-state index >= 15 is 0 Å². The van der Waals surface area contributed by atoms with Crippen LogP contribution in [0.1, 0.15) is 19.8 Å². The molecule has 1 aliphatic heterocycles. The Bertz CT molecular complexity index is 1050. The molecule has 2 aromatic heterocycles. The van der Waals surface area contributed by atoms with E-state index in [9.17, 15) is 8.42 Å². The number of piperazine rings is 1. The molecule has 3 aromatic rings. The second-order valence-electron chi connectivity index (χ2n) is 7.46. The van der Waals surface area contributed by atoms with Crippen LogP contribution < -0.4 is 9.62 Å². The quantitative estimate of drug-likeness (QED) is 0.570. The zero-order valence-electron chi connectivity index (χ0n) is 17.5. The third kappa shape index (κ3) is 4.46. The summed E-state index contributed by atoms with van der Waals surface area (Å²) in [5.41, 5.74) is 0. The van der Waals surface area contributed by atoms with E-state index in [4.69, 9.17) is 0 Å². The molecule has 1 saturated heterocycles. The Hall–Kier alpha value is -2.82. The van der Waals surface area contributed by atoms with Crippen molar-refractivity contribution in [2.24, 2.45) is 0 Å². The van der Waals surface area contributed by atoms with Crippen molar-refractivity contribution in [3.63, 3.8) is 0 Å². The summed E-state index contributed by atoms with van der Waals surface area (Å²) in [4.78, 5) is 13.2. The Morgan fingerprint density at radius 1 is 0.968 bits per heavy atom. The SMILES string of the molecule is CCCC(NS(=O)(=O)c1ccccc1)(N1CCN(c2ncccn2)CC1)n1cccn1. The van der Waals surface area contributed by atoms with Crippen molar-refractivity contribution >= 4 is 16.0 Å². The van der Waals surface area contributed by atoms with E-state index in [1.807, 2.05) is 19.2 Å². The summed E-state index contributed by atoms with van der Waals surface area (Å²) < 4.78 is 31.4. The lowest BCUT2D eigenvalue weighted by atomic mass is 10.1. The van der Waals surface area contributed by atoms with Crippen LogP contribution in [0.4, 0.5) is 5.95 Å². The molecule has 1 fully saturated rings. The predicted octanol–water partition coefficient (Wildman–Crippen LogP) is 1.88. The van der Waals surface area contributed by atoms with Crippen LogP contribution >= 0.6 is 0 Å². The fourth-order valence-corrected chi connectivity index (χ4v) is 5.41. The number of anilines is 1. The Balaban J connectivity index is 1.65. The third-order valence-electron chi connectivity index (χ3n) is 5.47. The minimum absolute atomic E-state index is 0.235. The number of sulfonamides is 1. The van der Waals surface area contributed by atoms with E-state index in [1.54, 1.807) is 59.7 Å². The Morgan fingerprint density at radius 3 is 2.29 bits per heavy atom. The maximum atomic E-state index is 13.3. The Kier molecular flexibility index (Phi) is 6.30. The first kappa shape index (κ1) is 21.4. The average molecular weight is 442 g/mol. The summed E-state index contributed by atoms with van der Waals surface area (Å²) in [6, 6.07) is 12.1. The summed E-state index contributed by atoms with van der Waals surface area (Å²) in [6.45, 7) is 4.68. The van der Waals surface area contributed by atoms with Crippen LogP contribution in [-0.2, 0) is 15.8 Å². The first-order valence-electron chi connectivity index (χ1n) is 10.4. The van der Waals surface area contributed by atoms with E-state index in [-0.39, 0.29) is 4.90 Å². The molecule has 0 aliphatic carbocycles. The van der Waals surface area contributed by atoms with Gasteiger partial charge in [-0.15, -0.1) is 0 Å². The van der Waals surface area contributed by atoms with Gasteiger partial charge in [-0.3, -0.25) is 4.90 Å². The number of rotatable bonds is 8. The van der Waals surface area contributed by atoms with Crippen LogP contribution in [0.5, 0.6) is 0 Å². The van der Waals surface area contributed by atoms with Gasteiger partial charge in [-0.05, 0) is 24.3 Å². The molecule has 3 heterocycles. The number of nitrogens with one attached hydrogen (secondary N) is 1. The average Bonchev–Trinajstić information content (AvgIpc) is 3.36. The molecular formula is C21H27N7O2S. The molecule has 1 unspecified atom stereocenters. The molecular weight excluding hydrogens is 414 g/mol. The normalized spacial score (nSPS) is 17.4. The van der Waals surface area contributed by atoms with Crippen LogP contribution in [0.15, 0.2) is 72.1 Å². The maximum Gasteiger partial charge on any atom is 0.243 e. The topological polar surface area (TPSA) is 96.3 Å². The monoisotopic (exact) mass is 441 g/mol. The molecule has 1 atom stereocenters. The van der Waals surface area contributed by atoms with Crippen molar-refractivity contribution in [1.82, 2.24) is 29.4 Å². The minimum Gasteiger partial charge on any atom is -0.338 e. The van der Waals surface area contributed by atoms with E-state index in [0.717, 1.165) is 6.42 Å². The summed E-state index contributed by atoms with van der Waals surface area (Å²) in [6.07, 6.45) is 8.30. The van der Waals surface area contributed by atoms with Gasteiger partial charge in [0.2, 0.25) is 16.0 Å². The van der Waals surface area contributed by atoms with Gasteiger partial charge in [0.25, 0.3) is 0 Å². The lowest BCUT2D eigenvalue weighted by Gasteiger charge is -2.47. The van der Waals surface area contributed by atoms with Gasteiger partial charge in [0, 0.05) is 57.4 Å². The smallest absolute Gasteiger partial charge is 0.243 e. The molecule has 4 rings (SSSR count). The number of benzene rings is 1. The molecule has 0 saturated carbocycles. The third-order valence-corrected chi connectivity index (χ3v) is 6.96. The van der Waals surface area contributed by atoms with Crippen LogP contribution in [0.3, 0.4) is 0 Å². The fraction of sp³-hybridized carbons (Fsp3) is 0.381. The van der Waals surface area contributed by atoms with E-state index in [2.05, 4.69) is 29.6 Å². The largest absolute Gasteiger partial charge is 0.338 e. The van der Waals surface area contributed by atoms with Crippen LogP contribution in [0, 0.1) is 0 Å². The second-order valence-corrected chi connectivity index (χ2v) is 9.14. The van der Waals surface area contributed by atoms with Crippen molar-refractivity contribution in [3.05, 3.63) is 67.3 Å². The van der Waals surface area contributed by atoms with E-state index < -0.39 is 15.8 Å². The van der Waals surface area contributed by atoms with Crippen molar-refractivity contribution in [2.45, 2.75) is 30.4 Å². The molecule has 164 valence electrons. The van der Waals surface area contributed by atoms with Gasteiger partial charge < -0.3 is 4.90 Å². The number of nitrogens with zero attached hydrogens (tertiary/aromatic N) is 6. The zero-order chi connectivity index (χ0) is 21.7. The predicted molar refractivity (Wildman–Crippen MR) is 118 cm³/mol. The number of aromatic nitrogens is 4. The minimum atomic E-state index is -3.77. The zero-order valence-corrected chi connectivity index (χ0v) is 18.3. The molecule has 0 radical (unpaired) electrons. The van der Waals surface area contributed by atoms with Crippen molar-refractivity contribution in [3.8, 4) is 0 Å². The van der Waals surface area contributed by atoms with Gasteiger partial charge in [-0.25, -0.2) is 23.1 Å². The highest BCUT2D eigenvalue weighted by atomic mass is 32.2. The van der Waals surface area contributed by atoms with Gasteiger partial charge in [0.15, 0.2) is 5.79 Å². The molecule has 1 N–H and O–H groups in total. The number of hydrogen-bond donors (Lipinski definition) is 1. The maximum absolute atomic E-state index is 13.3. The first-order valence-corrected chi connectivity index (χ1v) is 11.9. The summed E-state index contributed by atoms with van der Waals surface area (Å²) in [5, 5.41) is 4.45. The van der Waals surface area contributed by atoms with Crippen LogP contribution in [-0.4, -0.2) is 59.2 Å². The van der Waals surface area contributed by atoms with Crippen molar-refractivity contribution in [2.75, 3.05) is 31.1 Å². The van der Waals surface area contributed by atoms with E-state index in [0.29, 0.717) is 38.5 Å². The van der Waals surface area contributed by atoms with Crippen LogP contribution in [0.2, 0.25) is 0 Å².